The molecule has 152 valence electrons. The third-order valence-electron chi connectivity index (χ3n) is 5.42. The second-order valence-corrected chi connectivity index (χ2v) is 7.31. The van der Waals surface area contributed by atoms with Gasteiger partial charge >= 0.3 is 0 Å². The first-order chi connectivity index (χ1) is 14.6. The van der Waals surface area contributed by atoms with Gasteiger partial charge in [-0.25, -0.2) is 0 Å². The van der Waals surface area contributed by atoms with Crippen LogP contribution in [0.25, 0.3) is 0 Å². The zero-order valence-electron chi connectivity index (χ0n) is 17.1. The van der Waals surface area contributed by atoms with Gasteiger partial charge in [0.1, 0.15) is 0 Å². The molecule has 2 aromatic carbocycles. The van der Waals surface area contributed by atoms with Gasteiger partial charge in [-0.15, -0.1) is 0 Å². The fourth-order valence-electron chi connectivity index (χ4n) is 3.76. The molecule has 0 atom stereocenters. The Morgan fingerprint density at radius 3 is 2.60 bits per heavy atom. The Balaban J connectivity index is 1.58. The molecule has 0 radical (unpaired) electrons. The van der Waals surface area contributed by atoms with Crippen LogP contribution in [0.3, 0.4) is 0 Å². The number of carbonyl (C=O) groups is 2. The van der Waals surface area contributed by atoms with Gasteiger partial charge in [0.05, 0.1) is 11.3 Å². The first-order valence-electron chi connectivity index (χ1n) is 10.1. The molecule has 0 bridgehead atoms. The highest BCUT2D eigenvalue weighted by Gasteiger charge is 2.20. The number of anilines is 3. The molecule has 6 heteroatoms. The number of nitrogens with one attached hydrogen (secondary N) is 2. The molecule has 0 fully saturated rings. The van der Waals surface area contributed by atoms with Crippen molar-refractivity contribution in [2.45, 2.75) is 20.3 Å². The molecule has 6 nitrogen and oxygen atoms in total. The molecule has 0 saturated heterocycles. The Morgan fingerprint density at radius 2 is 1.83 bits per heavy atom. The number of benzene rings is 2. The summed E-state index contributed by atoms with van der Waals surface area (Å²) < 4.78 is 0. The minimum atomic E-state index is -0.281. The summed E-state index contributed by atoms with van der Waals surface area (Å²) in [7, 11) is 0. The van der Waals surface area contributed by atoms with E-state index in [0.29, 0.717) is 16.8 Å². The van der Waals surface area contributed by atoms with Crippen LogP contribution in [0.2, 0.25) is 0 Å². The third-order valence-corrected chi connectivity index (χ3v) is 5.42. The van der Waals surface area contributed by atoms with Crippen molar-refractivity contribution in [2.24, 2.45) is 0 Å². The van der Waals surface area contributed by atoms with Crippen LogP contribution in [0.15, 0.2) is 60.9 Å². The van der Waals surface area contributed by atoms with E-state index in [9.17, 15) is 9.59 Å². The van der Waals surface area contributed by atoms with Crippen molar-refractivity contribution in [3.05, 3.63) is 83.2 Å². The van der Waals surface area contributed by atoms with Gasteiger partial charge in [0, 0.05) is 42.4 Å². The van der Waals surface area contributed by atoms with Gasteiger partial charge in [-0.3, -0.25) is 14.6 Å². The average molecular weight is 400 g/mol. The summed E-state index contributed by atoms with van der Waals surface area (Å²) in [6, 6.07) is 14.7. The Morgan fingerprint density at radius 1 is 1.03 bits per heavy atom. The van der Waals surface area contributed by atoms with E-state index in [1.54, 1.807) is 30.6 Å². The molecule has 0 spiro atoms. The van der Waals surface area contributed by atoms with Crippen LogP contribution in [0.1, 0.15) is 38.8 Å². The van der Waals surface area contributed by atoms with Gasteiger partial charge in [-0.2, -0.15) is 0 Å². The topological polar surface area (TPSA) is 74.3 Å². The van der Waals surface area contributed by atoms with Crippen molar-refractivity contribution in [1.82, 2.24) is 4.98 Å². The minimum Gasteiger partial charge on any atom is -0.371 e. The smallest absolute Gasteiger partial charge is 0.257 e. The monoisotopic (exact) mass is 400 g/mol. The Hall–Kier alpha value is -3.67. The summed E-state index contributed by atoms with van der Waals surface area (Å²) in [5.41, 5.74) is 5.45. The maximum absolute atomic E-state index is 13.1. The highest BCUT2D eigenvalue weighted by atomic mass is 16.2. The van der Waals surface area contributed by atoms with E-state index in [4.69, 9.17) is 0 Å². The van der Waals surface area contributed by atoms with Crippen LogP contribution in [0.4, 0.5) is 17.1 Å². The van der Waals surface area contributed by atoms with E-state index in [1.807, 2.05) is 31.2 Å². The van der Waals surface area contributed by atoms with Crippen LogP contribution in [-0.2, 0) is 6.42 Å². The van der Waals surface area contributed by atoms with E-state index >= 15 is 0 Å². The quantitative estimate of drug-likeness (QED) is 0.670. The summed E-state index contributed by atoms with van der Waals surface area (Å²) in [6.07, 6.45) is 4.15. The van der Waals surface area contributed by atoms with Crippen molar-refractivity contribution in [1.29, 1.82) is 0 Å². The summed E-state index contributed by atoms with van der Waals surface area (Å²) in [6.45, 7) is 5.94. The summed E-state index contributed by atoms with van der Waals surface area (Å²) >= 11 is 0. The molecule has 0 aliphatic carbocycles. The first kappa shape index (κ1) is 19.6. The van der Waals surface area contributed by atoms with Crippen LogP contribution < -0.4 is 15.5 Å². The van der Waals surface area contributed by atoms with Crippen molar-refractivity contribution in [3.8, 4) is 0 Å². The number of aromatic nitrogens is 1. The van der Waals surface area contributed by atoms with Crippen molar-refractivity contribution in [3.63, 3.8) is 0 Å². The summed E-state index contributed by atoms with van der Waals surface area (Å²) in [5, 5.41) is 5.87. The standard InChI is InChI=1S/C24H24N4O2/c1-3-28-14-11-17-7-8-19(15-21(17)28)26-24(30)20-6-4-5-16(2)22(20)27-23(29)18-9-12-25-13-10-18/h4-10,12-13,15H,3,11,14H2,1-2H3,(H,26,30)(H,27,29). The number of aryl methyl sites for hydroxylation is 1. The van der Waals surface area contributed by atoms with Gasteiger partial charge in [-0.1, -0.05) is 18.2 Å². The SMILES string of the molecule is CCN1CCc2ccc(NC(=O)c3cccc(C)c3NC(=O)c3ccncc3)cc21. The van der Waals surface area contributed by atoms with Crippen LogP contribution in [-0.4, -0.2) is 29.9 Å². The molecule has 0 unspecified atom stereocenters. The number of rotatable bonds is 5. The lowest BCUT2D eigenvalue weighted by Gasteiger charge is -2.18. The largest absolute Gasteiger partial charge is 0.371 e. The molecular formula is C24H24N4O2. The molecule has 4 rings (SSSR count). The maximum atomic E-state index is 13.1. The molecule has 1 aliphatic heterocycles. The highest BCUT2D eigenvalue weighted by Crippen LogP contribution is 2.31. The number of para-hydroxylation sites is 1. The van der Waals surface area contributed by atoms with Crippen LogP contribution in [0.5, 0.6) is 0 Å². The second kappa shape index (κ2) is 8.37. The van der Waals surface area contributed by atoms with E-state index in [-0.39, 0.29) is 11.8 Å². The highest BCUT2D eigenvalue weighted by molar-refractivity contribution is 6.13. The molecule has 1 aromatic heterocycles. The normalized spacial score (nSPS) is 12.4. The molecule has 2 heterocycles. The molecule has 0 saturated carbocycles. The van der Waals surface area contributed by atoms with Gasteiger partial charge in [0.15, 0.2) is 0 Å². The minimum absolute atomic E-state index is 0.260. The predicted molar refractivity (Wildman–Crippen MR) is 119 cm³/mol. The van der Waals surface area contributed by atoms with Crippen LogP contribution >= 0.6 is 0 Å². The number of carbonyl (C=O) groups excluding carboxylic acids is 2. The van der Waals surface area contributed by atoms with Crippen molar-refractivity contribution >= 4 is 28.9 Å². The Labute approximate surface area is 175 Å². The lowest BCUT2D eigenvalue weighted by atomic mass is 10.1. The van der Waals surface area contributed by atoms with E-state index in [2.05, 4.69) is 33.5 Å². The number of nitrogens with zero attached hydrogens (tertiary/aromatic N) is 2. The number of likely N-dealkylation sites (N-methyl/N-ethyl adjacent to an activating group) is 1. The third kappa shape index (κ3) is 3.89. The molecule has 1 aliphatic rings. The van der Waals surface area contributed by atoms with Gasteiger partial charge in [0.2, 0.25) is 0 Å². The van der Waals surface area contributed by atoms with E-state index in [1.165, 1.54) is 11.3 Å². The number of hydrogen-bond acceptors (Lipinski definition) is 4. The number of pyridine rings is 1. The molecule has 2 amide bonds. The maximum Gasteiger partial charge on any atom is 0.257 e. The molecule has 3 aromatic rings. The second-order valence-electron chi connectivity index (χ2n) is 7.31. The average Bonchev–Trinajstić information content (AvgIpc) is 3.18. The lowest BCUT2D eigenvalue weighted by molar-refractivity contribution is 0.102. The van der Waals surface area contributed by atoms with Crippen molar-refractivity contribution < 1.29 is 9.59 Å². The van der Waals surface area contributed by atoms with Gasteiger partial charge in [-0.05, 0) is 61.7 Å². The summed E-state index contributed by atoms with van der Waals surface area (Å²) in [4.78, 5) is 31.9. The zero-order valence-corrected chi connectivity index (χ0v) is 17.1. The summed E-state index contributed by atoms with van der Waals surface area (Å²) in [5.74, 6) is -0.540. The van der Waals surface area contributed by atoms with Crippen molar-refractivity contribution in [2.75, 3.05) is 28.6 Å². The molecule has 30 heavy (non-hydrogen) atoms. The van der Waals surface area contributed by atoms with E-state index in [0.717, 1.165) is 30.8 Å². The Kier molecular flexibility index (Phi) is 5.48. The molecule has 2 N–H and O–H groups in total. The van der Waals surface area contributed by atoms with Crippen LogP contribution in [0, 0.1) is 6.92 Å². The fraction of sp³-hybridized carbons (Fsp3) is 0.208. The number of hydrogen-bond donors (Lipinski definition) is 2. The Bertz CT molecular complexity index is 1100. The first-order valence-corrected chi connectivity index (χ1v) is 10.1. The van der Waals surface area contributed by atoms with Gasteiger partial charge in [0.25, 0.3) is 11.8 Å². The number of amides is 2. The lowest BCUT2D eigenvalue weighted by Crippen LogP contribution is -2.20. The zero-order chi connectivity index (χ0) is 21.1. The number of fused-ring (bicyclic) bond motifs is 1. The van der Waals surface area contributed by atoms with E-state index < -0.39 is 0 Å². The predicted octanol–water partition coefficient (Wildman–Crippen LogP) is 4.28. The molecular weight excluding hydrogens is 376 g/mol. The van der Waals surface area contributed by atoms with Gasteiger partial charge < -0.3 is 15.5 Å². The fourth-order valence-corrected chi connectivity index (χ4v) is 3.76.